The number of anilines is 1. The van der Waals surface area contributed by atoms with Gasteiger partial charge in [0.05, 0.1) is 5.69 Å². The van der Waals surface area contributed by atoms with Crippen LogP contribution in [0.4, 0.5) is 9.02 Å². The summed E-state index contributed by atoms with van der Waals surface area (Å²) in [5.74, 6) is -0.457. The number of nitrogens with zero attached hydrogens (tertiary/aromatic N) is 2. The number of halogens is 2. The van der Waals surface area contributed by atoms with E-state index in [1.165, 1.54) is 0 Å². The number of hydrogen-bond acceptors (Lipinski definition) is 5. The highest BCUT2D eigenvalue weighted by atomic mass is 35.5. The summed E-state index contributed by atoms with van der Waals surface area (Å²) in [6, 6.07) is 0. The summed E-state index contributed by atoms with van der Waals surface area (Å²) in [6.45, 7) is 1.47. The standard InChI is InChI=1S/C8H8ClFN2O3S2/c1-4-7(9)16-8(11-4)12-3-5(2-6(12)13)17(10,14)15/h5H,2-3H2,1H3. The van der Waals surface area contributed by atoms with Gasteiger partial charge in [-0.15, -0.1) is 3.89 Å². The molecule has 1 unspecified atom stereocenters. The lowest BCUT2D eigenvalue weighted by Gasteiger charge is -2.11. The van der Waals surface area contributed by atoms with Crippen molar-refractivity contribution in [3.63, 3.8) is 0 Å². The number of carbonyl (C=O) groups excluding carboxylic acids is 1. The van der Waals surface area contributed by atoms with Gasteiger partial charge in [0.2, 0.25) is 5.91 Å². The number of aromatic nitrogens is 1. The Morgan fingerprint density at radius 2 is 2.24 bits per heavy atom. The fourth-order valence-corrected chi connectivity index (χ4v) is 3.27. The fourth-order valence-electron chi connectivity index (χ4n) is 1.53. The van der Waals surface area contributed by atoms with E-state index in [2.05, 4.69) is 4.98 Å². The largest absolute Gasteiger partial charge is 0.307 e. The van der Waals surface area contributed by atoms with Crippen LogP contribution in [0.1, 0.15) is 12.1 Å². The van der Waals surface area contributed by atoms with Gasteiger partial charge in [-0.3, -0.25) is 9.69 Å². The van der Waals surface area contributed by atoms with E-state index < -0.39 is 21.4 Å². The van der Waals surface area contributed by atoms with Crippen LogP contribution in [0.3, 0.4) is 0 Å². The quantitative estimate of drug-likeness (QED) is 0.776. The van der Waals surface area contributed by atoms with Crippen molar-refractivity contribution in [2.24, 2.45) is 0 Å². The lowest BCUT2D eigenvalue weighted by Crippen LogP contribution is -2.26. The Labute approximate surface area is 106 Å². The van der Waals surface area contributed by atoms with E-state index >= 15 is 0 Å². The molecule has 1 aliphatic rings. The summed E-state index contributed by atoms with van der Waals surface area (Å²) in [7, 11) is -4.70. The summed E-state index contributed by atoms with van der Waals surface area (Å²) in [4.78, 5) is 16.8. The zero-order chi connectivity index (χ0) is 12.8. The van der Waals surface area contributed by atoms with Crippen molar-refractivity contribution in [3.05, 3.63) is 10.0 Å². The molecule has 0 saturated carbocycles. The SMILES string of the molecule is Cc1nc(N2CC(S(=O)(=O)F)CC2=O)sc1Cl. The molecule has 5 nitrogen and oxygen atoms in total. The molecule has 0 aliphatic carbocycles. The first-order valence-electron chi connectivity index (χ1n) is 4.66. The second-order valence-electron chi connectivity index (χ2n) is 3.66. The maximum absolute atomic E-state index is 12.8. The van der Waals surface area contributed by atoms with E-state index in [9.17, 15) is 17.1 Å². The van der Waals surface area contributed by atoms with Crippen molar-refractivity contribution >= 4 is 44.2 Å². The first-order valence-corrected chi connectivity index (χ1v) is 7.30. The zero-order valence-electron chi connectivity index (χ0n) is 8.68. The van der Waals surface area contributed by atoms with E-state index in [0.29, 0.717) is 15.2 Å². The Balaban J connectivity index is 2.27. The molecule has 1 aromatic rings. The Morgan fingerprint density at radius 1 is 1.59 bits per heavy atom. The third-order valence-corrected chi connectivity index (χ3v) is 5.03. The maximum Gasteiger partial charge on any atom is 0.307 e. The van der Waals surface area contributed by atoms with Crippen LogP contribution in [0.15, 0.2) is 0 Å². The molecule has 1 amide bonds. The average molecular weight is 299 g/mol. The summed E-state index contributed by atoms with van der Waals surface area (Å²) in [6.07, 6.45) is -0.352. The minimum atomic E-state index is -4.70. The fraction of sp³-hybridized carbons (Fsp3) is 0.500. The molecule has 0 aromatic carbocycles. The molecule has 1 saturated heterocycles. The second kappa shape index (κ2) is 4.18. The topological polar surface area (TPSA) is 67.3 Å². The molecule has 17 heavy (non-hydrogen) atoms. The van der Waals surface area contributed by atoms with Gasteiger partial charge in [0, 0.05) is 13.0 Å². The number of amides is 1. The van der Waals surface area contributed by atoms with Crippen LogP contribution < -0.4 is 4.90 Å². The summed E-state index contributed by atoms with van der Waals surface area (Å²) >= 11 is 6.88. The molecule has 0 bridgehead atoms. The number of carbonyl (C=O) groups is 1. The van der Waals surface area contributed by atoms with Crippen LogP contribution in [-0.4, -0.2) is 31.1 Å². The molecule has 1 atom stereocenters. The lowest BCUT2D eigenvalue weighted by atomic mass is 10.4. The van der Waals surface area contributed by atoms with Gasteiger partial charge >= 0.3 is 10.2 Å². The molecule has 1 aliphatic heterocycles. The smallest absolute Gasteiger partial charge is 0.287 e. The minimum absolute atomic E-state index is 0.207. The molecule has 0 N–H and O–H groups in total. The molecular formula is C8H8ClFN2O3S2. The van der Waals surface area contributed by atoms with E-state index in [0.717, 1.165) is 16.2 Å². The monoisotopic (exact) mass is 298 g/mol. The summed E-state index contributed by atoms with van der Waals surface area (Å²) in [5, 5.41) is -0.998. The average Bonchev–Trinajstić information content (AvgIpc) is 2.71. The lowest BCUT2D eigenvalue weighted by molar-refractivity contribution is -0.117. The highest BCUT2D eigenvalue weighted by Gasteiger charge is 2.40. The molecule has 0 radical (unpaired) electrons. The first-order chi connectivity index (χ1) is 7.79. The van der Waals surface area contributed by atoms with Crippen molar-refractivity contribution in [1.82, 2.24) is 4.98 Å². The van der Waals surface area contributed by atoms with Gasteiger partial charge in [0.25, 0.3) is 0 Å². The Morgan fingerprint density at radius 3 is 2.65 bits per heavy atom. The van der Waals surface area contributed by atoms with Gasteiger partial charge in [-0.25, -0.2) is 4.98 Å². The first kappa shape index (κ1) is 12.7. The van der Waals surface area contributed by atoms with E-state index in [1.54, 1.807) is 6.92 Å². The molecule has 2 rings (SSSR count). The van der Waals surface area contributed by atoms with Crippen molar-refractivity contribution in [2.45, 2.75) is 18.6 Å². The van der Waals surface area contributed by atoms with Gasteiger partial charge in [0.1, 0.15) is 9.59 Å². The van der Waals surface area contributed by atoms with E-state index in [1.807, 2.05) is 0 Å². The van der Waals surface area contributed by atoms with Crippen LogP contribution in [0, 0.1) is 6.92 Å². The van der Waals surface area contributed by atoms with Gasteiger partial charge < -0.3 is 0 Å². The molecule has 0 spiro atoms. The number of aryl methyl sites for hydroxylation is 1. The molecule has 1 aromatic heterocycles. The molecule has 9 heteroatoms. The van der Waals surface area contributed by atoms with Crippen molar-refractivity contribution in [2.75, 3.05) is 11.4 Å². The minimum Gasteiger partial charge on any atom is -0.287 e. The molecular weight excluding hydrogens is 291 g/mol. The highest BCUT2D eigenvalue weighted by molar-refractivity contribution is 7.87. The number of hydrogen-bond donors (Lipinski definition) is 0. The third-order valence-electron chi connectivity index (χ3n) is 2.45. The van der Waals surface area contributed by atoms with Gasteiger partial charge in [-0.2, -0.15) is 8.42 Å². The third kappa shape index (κ3) is 2.43. The van der Waals surface area contributed by atoms with Gasteiger partial charge in [-0.1, -0.05) is 22.9 Å². The van der Waals surface area contributed by atoms with Gasteiger partial charge in [-0.05, 0) is 6.92 Å². The Hall–Kier alpha value is -0.730. The maximum atomic E-state index is 12.8. The zero-order valence-corrected chi connectivity index (χ0v) is 11.1. The number of rotatable bonds is 2. The van der Waals surface area contributed by atoms with E-state index in [-0.39, 0.29) is 13.0 Å². The van der Waals surface area contributed by atoms with Crippen LogP contribution in [0.2, 0.25) is 4.34 Å². The highest BCUT2D eigenvalue weighted by Crippen LogP contribution is 2.33. The molecule has 1 fully saturated rings. The van der Waals surface area contributed by atoms with Crippen LogP contribution in [-0.2, 0) is 15.0 Å². The van der Waals surface area contributed by atoms with Crippen LogP contribution >= 0.6 is 22.9 Å². The number of thiazole rings is 1. The Bertz CT molecular complexity index is 552. The van der Waals surface area contributed by atoms with Crippen molar-refractivity contribution < 1.29 is 17.1 Å². The Kier molecular flexibility index (Phi) is 3.13. The van der Waals surface area contributed by atoms with Crippen LogP contribution in [0.5, 0.6) is 0 Å². The summed E-state index contributed by atoms with van der Waals surface area (Å²) in [5.41, 5.74) is 0.561. The van der Waals surface area contributed by atoms with Gasteiger partial charge in [0.15, 0.2) is 5.13 Å². The molecule has 2 heterocycles. The van der Waals surface area contributed by atoms with Crippen molar-refractivity contribution in [3.8, 4) is 0 Å². The predicted octanol–water partition coefficient (Wildman–Crippen LogP) is 1.51. The second-order valence-corrected chi connectivity index (χ2v) is 6.86. The van der Waals surface area contributed by atoms with E-state index in [4.69, 9.17) is 11.6 Å². The normalized spacial score (nSPS) is 21.2. The van der Waals surface area contributed by atoms with Crippen molar-refractivity contribution in [1.29, 1.82) is 0 Å². The summed E-state index contributed by atoms with van der Waals surface area (Å²) < 4.78 is 34.7. The molecule has 94 valence electrons. The van der Waals surface area contributed by atoms with Crippen LogP contribution in [0.25, 0.3) is 0 Å². The predicted molar refractivity (Wildman–Crippen MR) is 62.6 cm³/mol.